The van der Waals surface area contributed by atoms with Crippen molar-refractivity contribution in [3.8, 4) is 0 Å². The van der Waals surface area contributed by atoms with Crippen molar-refractivity contribution in [2.75, 3.05) is 0 Å². The van der Waals surface area contributed by atoms with Crippen molar-refractivity contribution in [2.45, 2.75) is 67.7 Å². The highest BCUT2D eigenvalue weighted by Gasteiger charge is 2.33. The van der Waals surface area contributed by atoms with Gasteiger partial charge in [-0.15, -0.1) is 0 Å². The molecule has 3 N–H and O–H groups in total. The van der Waals surface area contributed by atoms with E-state index in [9.17, 15) is 18.0 Å². The summed E-state index contributed by atoms with van der Waals surface area (Å²) in [6, 6.07) is 3.08. The van der Waals surface area contributed by atoms with E-state index in [4.69, 9.17) is 0 Å². The molecule has 1 amide bonds. The Morgan fingerprint density at radius 2 is 2.04 bits per heavy atom. The summed E-state index contributed by atoms with van der Waals surface area (Å²) in [5.74, 6) is 0.160. The maximum atomic E-state index is 12.6. The molecule has 1 aliphatic heterocycles. The minimum absolute atomic E-state index is 0.0626. The molecule has 1 aliphatic carbocycles. The normalized spacial score (nSPS) is 24.6. The van der Waals surface area contributed by atoms with Gasteiger partial charge in [0.25, 0.3) is 5.91 Å². The molecule has 2 fully saturated rings. The number of thioether (sulfide) groups is 1. The zero-order valence-corrected chi connectivity index (χ0v) is 15.1. The van der Waals surface area contributed by atoms with Crippen LogP contribution >= 0.6 is 11.8 Å². The van der Waals surface area contributed by atoms with Gasteiger partial charge < -0.3 is 5.32 Å². The minimum atomic E-state index is -4.48. The number of alkyl halides is 3. The summed E-state index contributed by atoms with van der Waals surface area (Å²) in [6.45, 7) is 0. The number of rotatable bonds is 5. The van der Waals surface area contributed by atoms with Gasteiger partial charge in [-0.25, -0.2) is 10.4 Å². The van der Waals surface area contributed by atoms with Gasteiger partial charge in [-0.2, -0.15) is 13.2 Å². The van der Waals surface area contributed by atoms with E-state index in [-0.39, 0.29) is 34.6 Å². The first-order valence-electron chi connectivity index (χ1n) is 8.93. The van der Waals surface area contributed by atoms with Crippen LogP contribution in [0.15, 0.2) is 23.4 Å². The van der Waals surface area contributed by atoms with Crippen LogP contribution in [0, 0.1) is 5.92 Å². The average Bonchev–Trinajstić information content (AvgIpc) is 3.01. The third kappa shape index (κ3) is 5.59. The quantitative estimate of drug-likeness (QED) is 0.673. The largest absolute Gasteiger partial charge is 0.447 e. The number of carbonyl (C=O) groups excluding carboxylic acids is 1. The summed E-state index contributed by atoms with van der Waals surface area (Å²) in [5, 5.41) is 2.42. The Labute approximate surface area is 154 Å². The fraction of sp³-hybridized carbons (Fsp3) is 0.647. The van der Waals surface area contributed by atoms with Crippen LogP contribution in [-0.2, 0) is 0 Å². The second-order valence-electron chi connectivity index (χ2n) is 6.89. The predicted octanol–water partition coefficient (Wildman–Crippen LogP) is 3.59. The lowest BCUT2D eigenvalue weighted by Crippen LogP contribution is -2.44. The zero-order valence-electron chi connectivity index (χ0n) is 14.3. The number of carbonyl (C=O) groups is 1. The highest BCUT2D eigenvalue weighted by atomic mass is 32.2. The Kier molecular flexibility index (Phi) is 6.42. The van der Waals surface area contributed by atoms with Crippen LogP contribution < -0.4 is 16.2 Å². The van der Waals surface area contributed by atoms with Crippen molar-refractivity contribution < 1.29 is 18.0 Å². The van der Waals surface area contributed by atoms with E-state index in [1.54, 1.807) is 0 Å². The van der Waals surface area contributed by atoms with E-state index in [0.29, 0.717) is 12.3 Å². The number of hydrogen-bond donors (Lipinski definition) is 3. The van der Waals surface area contributed by atoms with E-state index in [0.717, 1.165) is 6.42 Å². The van der Waals surface area contributed by atoms with E-state index < -0.39 is 11.4 Å². The summed E-state index contributed by atoms with van der Waals surface area (Å²) in [6.07, 6.45) is 9.10. The zero-order chi connectivity index (χ0) is 18.6. The summed E-state index contributed by atoms with van der Waals surface area (Å²) >= 11 is -0.371. The molecule has 2 heterocycles. The Balaban J connectivity index is 1.54. The molecule has 0 bridgehead atoms. The highest BCUT2D eigenvalue weighted by molar-refractivity contribution is 8.00. The summed E-state index contributed by atoms with van der Waals surface area (Å²) < 4.78 is 37.9. The number of hydrogen-bond acceptors (Lipinski definition) is 5. The molecule has 0 spiro atoms. The van der Waals surface area contributed by atoms with Gasteiger partial charge in [-0.1, -0.05) is 32.1 Å². The van der Waals surface area contributed by atoms with Crippen molar-refractivity contribution in [1.29, 1.82) is 0 Å². The molecule has 1 aromatic rings. The fourth-order valence-electron chi connectivity index (χ4n) is 3.69. The molecule has 3 rings (SSSR count). The second kappa shape index (κ2) is 8.58. The van der Waals surface area contributed by atoms with Crippen LogP contribution in [0.25, 0.3) is 0 Å². The van der Waals surface area contributed by atoms with Crippen LogP contribution in [0.2, 0.25) is 0 Å². The van der Waals surface area contributed by atoms with Crippen molar-refractivity contribution in [3.05, 3.63) is 23.9 Å². The van der Waals surface area contributed by atoms with E-state index in [1.165, 1.54) is 50.4 Å². The van der Waals surface area contributed by atoms with Crippen LogP contribution in [0.3, 0.4) is 0 Å². The first kappa shape index (κ1) is 19.4. The summed E-state index contributed by atoms with van der Waals surface area (Å²) in [7, 11) is 0. The lowest BCUT2D eigenvalue weighted by Gasteiger charge is -2.24. The number of halogens is 3. The van der Waals surface area contributed by atoms with E-state index in [2.05, 4.69) is 21.2 Å². The number of nitrogens with zero attached hydrogens (tertiary/aromatic N) is 1. The molecule has 9 heteroatoms. The predicted molar refractivity (Wildman–Crippen MR) is 93.3 cm³/mol. The first-order chi connectivity index (χ1) is 12.4. The standard InChI is InChI=1S/C17H23F3N4OS/c18-17(19,20)26-16-13(7-4-8-21-16)15(25)22-14-10-12(23-24-14)9-11-5-2-1-3-6-11/h4,7-8,11-12,14,23-24H,1-3,5-6,9-10H2,(H,22,25). The maximum absolute atomic E-state index is 12.6. The molecular weight excluding hydrogens is 365 g/mol. The van der Waals surface area contributed by atoms with Crippen LogP contribution in [0.4, 0.5) is 13.2 Å². The highest BCUT2D eigenvalue weighted by Crippen LogP contribution is 2.37. The van der Waals surface area contributed by atoms with Gasteiger partial charge in [0.2, 0.25) is 0 Å². The van der Waals surface area contributed by atoms with Gasteiger partial charge in [0.05, 0.1) is 11.7 Å². The fourth-order valence-corrected chi connectivity index (χ4v) is 4.29. The number of pyridine rings is 1. The molecule has 5 nitrogen and oxygen atoms in total. The molecule has 26 heavy (non-hydrogen) atoms. The second-order valence-corrected chi connectivity index (χ2v) is 7.94. The SMILES string of the molecule is O=C(NC1CC(CC2CCCCC2)NN1)c1cccnc1SC(F)(F)F. The number of nitrogens with one attached hydrogen (secondary N) is 3. The van der Waals surface area contributed by atoms with Gasteiger partial charge in [0.1, 0.15) is 5.03 Å². The smallest absolute Gasteiger partial charge is 0.335 e. The van der Waals surface area contributed by atoms with Gasteiger partial charge in [0, 0.05) is 24.0 Å². The summed E-state index contributed by atoms with van der Waals surface area (Å²) in [5.41, 5.74) is 1.68. The van der Waals surface area contributed by atoms with E-state index in [1.807, 2.05) is 0 Å². The molecular formula is C17H23F3N4OS. The number of amides is 1. The van der Waals surface area contributed by atoms with Crippen molar-refractivity contribution in [3.63, 3.8) is 0 Å². The van der Waals surface area contributed by atoms with Crippen molar-refractivity contribution >= 4 is 17.7 Å². The third-order valence-electron chi connectivity index (χ3n) is 4.86. The number of hydrazine groups is 1. The first-order valence-corrected chi connectivity index (χ1v) is 9.75. The van der Waals surface area contributed by atoms with Gasteiger partial charge in [0.15, 0.2) is 0 Å². The molecule has 2 atom stereocenters. The minimum Gasteiger partial charge on any atom is -0.335 e. The Bertz CT molecular complexity index is 622. The number of aromatic nitrogens is 1. The maximum Gasteiger partial charge on any atom is 0.447 e. The lowest BCUT2D eigenvalue weighted by molar-refractivity contribution is -0.0329. The van der Waals surface area contributed by atoms with Crippen molar-refractivity contribution in [1.82, 2.24) is 21.2 Å². The molecule has 1 saturated heterocycles. The third-order valence-corrected chi connectivity index (χ3v) is 5.61. The average molecular weight is 388 g/mol. The lowest BCUT2D eigenvalue weighted by atomic mass is 9.84. The van der Waals surface area contributed by atoms with Crippen LogP contribution in [0.1, 0.15) is 55.3 Å². The van der Waals surface area contributed by atoms with Gasteiger partial charge >= 0.3 is 5.51 Å². The van der Waals surface area contributed by atoms with Crippen molar-refractivity contribution in [2.24, 2.45) is 5.92 Å². The molecule has 2 unspecified atom stereocenters. The van der Waals surface area contributed by atoms with Gasteiger partial charge in [-0.05, 0) is 30.9 Å². The van der Waals surface area contributed by atoms with Gasteiger partial charge in [-0.3, -0.25) is 10.2 Å². The molecule has 1 saturated carbocycles. The monoisotopic (exact) mass is 388 g/mol. The van der Waals surface area contributed by atoms with E-state index >= 15 is 0 Å². The summed E-state index contributed by atoms with van der Waals surface area (Å²) in [4.78, 5) is 16.1. The Morgan fingerprint density at radius 1 is 1.27 bits per heavy atom. The molecule has 0 radical (unpaired) electrons. The molecule has 2 aliphatic rings. The van der Waals surface area contributed by atoms with Crippen LogP contribution in [-0.4, -0.2) is 28.6 Å². The van der Waals surface area contributed by atoms with Crippen LogP contribution in [0.5, 0.6) is 0 Å². The Morgan fingerprint density at radius 3 is 2.77 bits per heavy atom. The Hall–Kier alpha value is -1.32. The topological polar surface area (TPSA) is 66.1 Å². The molecule has 0 aromatic carbocycles. The molecule has 1 aromatic heterocycles. The molecule has 144 valence electrons.